The Morgan fingerprint density at radius 3 is 2.84 bits per heavy atom. The lowest BCUT2D eigenvalue weighted by Gasteiger charge is -2.34. The molecule has 1 fully saturated rings. The van der Waals surface area contributed by atoms with Crippen LogP contribution in [0.4, 0.5) is 5.69 Å². The van der Waals surface area contributed by atoms with E-state index in [0.717, 1.165) is 0 Å². The van der Waals surface area contributed by atoms with E-state index in [1.54, 1.807) is 6.92 Å². The molecule has 7 heteroatoms. The molecule has 102 valence electrons. The fourth-order valence-corrected chi connectivity index (χ4v) is 2.01. The molecule has 1 aliphatic carbocycles. The quantitative estimate of drug-likeness (QED) is 0.613. The van der Waals surface area contributed by atoms with Gasteiger partial charge >= 0.3 is 5.69 Å². The molecule has 0 aliphatic heterocycles. The molecule has 0 amide bonds. The Labute approximate surface area is 114 Å². The summed E-state index contributed by atoms with van der Waals surface area (Å²) in [6.07, 6.45) is -0.919. The molecule has 1 aliphatic rings. The summed E-state index contributed by atoms with van der Waals surface area (Å²) in [5.74, 6) is 0.0417. The number of carbonyl (C=O) groups excluding carboxylic acids is 1. The van der Waals surface area contributed by atoms with Crippen molar-refractivity contribution in [2.45, 2.75) is 25.6 Å². The van der Waals surface area contributed by atoms with Gasteiger partial charge in [0.25, 0.3) is 0 Å². The average molecular weight is 286 g/mol. The smallest absolute Gasteiger partial charge is 0.312 e. The minimum Gasteiger partial charge on any atom is -0.480 e. The lowest BCUT2D eigenvalue weighted by atomic mass is 9.90. The zero-order valence-electron chi connectivity index (χ0n) is 10.2. The van der Waals surface area contributed by atoms with Crippen LogP contribution in [0.25, 0.3) is 0 Å². The molecule has 0 heterocycles. The Bertz CT molecular complexity index is 519. The maximum absolute atomic E-state index is 11.3. The predicted molar refractivity (Wildman–Crippen MR) is 67.6 cm³/mol. The van der Waals surface area contributed by atoms with E-state index in [1.807, 2.05) is 0 Å². The van der Waals surface area contributed by atoms with Crippen molar-refractivity contribution in [3.05, 3.63) is 33.3 Å². The van der Waals surface area contributed by atoms with Gasteiger partial charge in [-0.3, -0.25) is 14.9 Å². The van der Waals surface area contributed by atoms with E-state index in [2.05, 4.69) is 0 Å². The molecule has 6 nitrogen and oxygen atoms in total. The van der Waals surface area contributed by atoms with Crippen LogP contribution in [-0.2, 0) is 9.53 Å². The number of ether oxygens (including phenoxy) is 2. The van der Waals surface area contributed by atoms with Crippen LogP contribution in [0.1, 0.15) is 13.3 Å². The number of Topliss-reactive ketones (excluding diaryl/α,β-unsaturated/α-hetero) is 1. The summed E-state index contributed by atoms with van der Waals surface area (Å²) in [7, 11) is 0. The molecule has 19 heavy (non-hydrogen) atoms. The third kappa shape index (κ3) is 2.85. The molecule has 0 saturated heterocycles. The fraction of sp³-hybridized carbons (Fsp3) is 0.417. The molecule has 0 aromatic heterocycles. The molecule has 2 atom stereocenters. The summed E-state index contributed by atoms with van der Waals surface area (Å²) in [5, 5.41) is 11.2. The summed E-state index contributed by atoms with van der Waals surface area (Å²) >= 11 is 5.71. The van der Waals surface area contributed by atoms with Gasteiger partial charge in [-0.25, -0.2) is 0 Å². The lowest BCUT2D eigenvalue weighted by molar-refractivity contribution is -0.386. The topological polar surface area (TPSA) is 78.7 Å². The van der Waals surface area contributed by atoms with E-state index >= 15 is 0 Å². The van der Waals surface area contributed by atoms with E-state index in [9.17, 15) is 14.9 Å². The summed E-state index contributed by atoms with van der Waals surface area (Å²) in [4.78, 5) is 21.7. The van der Waals surface area contributed by atoms with Crippen LogP contribution in [0.3, 0.4) is 0 Å². The zero-order valence-corrected chi connectivity index (χ0v) is 10.9. The molecule has 1 aromatic rings. The first kappa shape index (κ1) is 13.8. The van der Waals surface area contributed by atoms with Gasteiger partial charge in [0, 0.05) is 24.1 Å². The van der Waals surface area contributed by atoms with Gasteiger partial charge in [-0.1, -0.05) is 11.6 Å². The van der Waals surface area contributed by atoms with Crippen molar-refractivity contribution in [3.8, 4) is 5.75 Å². The summed E-state index contributed by atoms with van der Waals surface area (Å²) in [6, 6.07) is 4.14. The second kappa shape index (κ2) is 5.54. The molecule has 2 unspecified atom stereocenters. The van der Waals surface area contributed by atoms with Crippen molar-refractivity contribution in [2.24, 2.45) is 0 Å². The van der Waals surface area contributed by atoms with Gasteiger partial charge in [0.2, 0.25) is 0 Å². The first-order valence-electron chi connectivity index (χ1n) is 5.78. The number of carbonyl (C=O) groups is 1. The third-order valence-electron chi connectivity index (χ3n) is 2.80. The number of nitro groups is 1. The molecule has 1 saturated carbocycles. The van der Waals surface area contributed by atoms with E-state index in [-0.39, 0.29) is 28.7 Å². The Hall–Kier alpha value is -1.66. The monoisotopic (exact) mass is 285 g/mol. The van der Waals surface area contributed by atoms with Crippen molar-refractivity contribution in [3.63, 3.8) is 0 Å². The van der Waals surface area contributed by atoms with Crippen molar-refractivity contribution >= 4 is 23.1 Å². The fourth-order valence-electron chi connectivity index (χ4n) is 1.85. The SMILES string of the molecule is CCOC1C(=O)CC1Oc1ccc(Cl)cc1[N+](=O)[O-]. The van der Waals surface area contributed by atoms with Crippen molar-refractivity contribution in [2.75, 3.05) is 6.61 Å². The molecular weight excluding hydrogens is 274 g/mol. The molecule has 0 radical (unpaired) electrons. The molecule has 0 spiro atoms. The standard InChI is InChI=1S/C12H12ClNO5/c1-2-18-12-9(15)6-11(12)19-10-4-3-7(13)5-8(10)14(16)17/h3-5,11-12H,2,6H2,1H3. The van der Waals surface area contributed by atoms with Gasteiger partial charge in [0.1, 0.15) is 6.10 Å². The Kier molecular flexibility index (Phi) is 4.01. The summed E-state index contributed by atoms with van der Waals surface area (Å²) < 4.78 is 10.7. The molecular formula is C12H12ClNO5. The number of halogens is 1. The molecule has 0 bridgehead atoms. The van der Waals surface area contributed by atoms with Crippen LogP contribution in [0.2, 0.25) is 5.02 Å². The van der Waals surface area contributed by atoms with Crippen molar-refractivity contribution in [1.82, 2.24) is 0 Å². The van der Waals surface area contributed by atoms with Gasteiger partial charge < -0.3 is 9.47 Å². The highest BCUT2D eigenvalue weighted by molar-refractivity contribution is 6.30. The Morgan fingerprint density at radius 1 is 1.53 bits per heavy atom. The van der Waals surface area contributed by atoms with E-state index in [4.69, 9.17) is 21.1 Å². The van der Waals surface area contributed by atoms with E-state index < -0.39 is 17.1 Å². The largest absolute Gasteiger partial charge is 0.480 e. The van der Waals surface area contributed by atoms with Crippen LogP contribution < -0.4 is 4.74 Å². The Balaban J connectivity index is 2.15. The number of ketones is 1. The second-order valence-electron chi connectivity index (χ2n) is 4.07. The maximum atomic E-state index is 11.3. The normalized spacial score (nSPS) is 21.9. The first-order valence-corrected chi connectivity index (χ1v) is 6.15. The van der Waals surface area contributed by atoms with Gasteiger partial charge in [0.15, 0.2) is 17.6 Å². The number of hydrogen-bond donors (Lipinski definition) is 0. The highest BCUT2D eigenvalue weighted by atomic mass is 35.5. The van der Waals surface area contributed by atoms with Gasteiger partial charge in [-0.05, 0) is 19.1 Å². The van der Waals surface area contributed by atoms with Gasteiger partial charge in [-0.2, -0.15) is 0 Å². The number of hydrogen-bond acceptors (Lipinski definition) is 5. The highest BCUT2D eigenvalue weighted by Crippen LogP contribution is 2.34. The van der Waals surface area contributed by atoms with E-state index in [1.165, 1.54) is 18.2 Å². The number of nitrogens with zero attached hydrogens (tertiary/aromatic N) is 1. The van der Waals surface area contributed by atoms with Gasteiger partial charge in [-0.15, -0.1) is 0 Å². The molecule has 0 N–H and O–H groups in total. The van der Waals surface area contributed by atoms with Crippen LogP contribution in [0, 0.1) is 10.1 Å². The number of benzene rings is 1. The number of nitro benzene ring substituents is 1. The van der Waals surface area contributed by atoms with Crippen LogP contribution in [-0.4, -0.2) is 29.5 Å². The van der Waals surface area contributed by atoms with Crippen LogP contribution >= 0.6 is 11.6 Å². The highest BCUT2D eigenvalue weighted by Gasteiger charge is 2.43. The second-order valence-corrected chi connectivity index (χ2v) is 4.51. The molecule has 1 aromatic carbocycles. The molecule has 2 rings (SSSR count). The van der Waals surface area contributed by atoms with Crippen LogP contribution in [0.5, 0.6) is 5.75 Å². The first-order chi connectivity index (χ1) is 9.02. The van der Waals surface area contributed by atoms with Crippen LogP contribution in [0.15, 0.2) is 18.2 Å². The zero-order chi connectivity index (χ0) is 14.0. The summed E-state index contributed by atoms with van der Waals surface area (Å²) in [5.41, 5.74) is -0.220. The predicted octanol–water partition coefficient (Wildman–Crippen LogP) is 2.37. The minimum absolute atomic E-state index is 0.0523. The Morgan fingerprint density at radius 2 is 2.26 bits per heavy atom. The van der Waals surface area contributed by atoms with Gasteiger partial charge in [0.05, 0.1) is 4.92 Å². The maximum Gasteiger partial charge on any atom is 0.312 e. The minimum atomic E-state index is -0.639. The lowest BCUT2D eigenvalue weighted by Crippen LogP contribution is -2.52. The van der Waals surface area contributed by atoms with E-state index in [0.29, 0.717) is 6.61 Å². The average Bonchev–Trinajstić information content (AvgIpc) is 2.37. The number of rotatable bonds is 5. The van der Waals surface area contributed by atoms with Crippen molar-refractivity contribution < 1.29 is 19.2 Å². The van der Waals surface area contributed by atoms with Crippen molar-refractivity contribution in [1.29, 1.82) is 0 Å². The third-order valence-corrected chi connectivity index (χ3v) is 3.03. The summed E-state index contributed by atoms with van der Waals surface area (Å²) in [6.45, 7) is 2.16.